The summed E-state index contributed by atoms with van der Waals surface area (Å²) < 4.78 is 0. The number of rotatable bonds is 3. The van der Waals surface area contributed by atoms with Crippen LogP contribution in [0.3, 0.4) is 0 Å². The van der Waals surface area contributed by atoms with Gasteiger partial charge in [-0.1, -0.05) is 13.0 Å². The number of benzene rings is 1. The average Bonchev–Trinajstić information content (AvgIpc) is 2.71. The summed E-state index contributed by atoms with van der Waals surface area (Å²) in [5.74, 6) is 0.692. The van der Waals surface area contributed by atoms with Crippen molar-refractivity contribution >= 4 is 5.69 Å². The van der Waals surface area contributed by atoms with E-state index in [1.54, 1.807) is 0 Å². The van der Waals surface area contributed by atoms with Crippen molar-refractivity contribution in [3.8, 4) is 0 Å². The summed E-state index contributed by atoms with van der Waals surface area (Å²) in [7, 11) is 4.32. The zero-order valence-electron chi connectivity index (χ0n) is 11.8. The monoisotopic (exact) mass is 248 g/mol. The number of anilines is 1. The van der Waals surface area contributed by atoms with E-state index >= 15 is 0 Å². The van der Waals surface area contributed by atoms with Crippen molar-refractivity contribution in [2.45, 2.75) is 26.5 Å². The minimum Gasteiger partial charge on any atom is -0.392 e. The Morgan fingerprint density at radius 1 is 1.33 bits per heavy atom. The fourth-order valence-corrected chi connectivity index (χ4v) is 2.89. The highest BCUT2D eigenvalue weighted by Crippen LogP contribution is 2.27. The van der Waals surface area contributed by atoms with Gasteiger partial charge in [-0.05, 0) is 50.2 Å². The van der Waals surface area contributed by atoms with Gasteiger partial charge < -0.3 is 14.9 Å². The summed E-state index contributed by atoms with van der Waals surface area (Å²) in [5.41, 5.74) is 3.48. The molecule has 1 N–H and O–H groups in total. The van der Waals surface area contributed by atoms with Crippen LogP contribution < -0.4 is 4.90 Å². The average molecular weight is 248 g/mol. The number of aryl methyl sites for hydroxylation is 1. The number of likely N-dealkylation sites (N-methyl/N-ethyl adjacent to an activating group) is 1. The van der Waals surface area contributed by atoms with Crippen molar-refractivity contribution in [2.75, 3.05) is 32.1 Å². The van der Waals surface area contributed by atoms with Crippen LogP contribution in [0.2, 0.25) is 0 Å². The highest BCUT2D eigenvalue weighted by atomic mass is 16.3. The number of hydrogen-bond acceptors (Lipinski definition) is 3. The Hall–Kier alpha value is -1.06. The van der Waals surface area contributed by atoms with E-state index in [1.165, 1.54) is 11.3 Å². The summed E-state index contributed by atoms with van der Waals surface area (Å²) in [5, 5.41) is 9.21. The Balaban J connectivity index is 2.16. The molecule has 0 radical (unpaired) electrons. The molecule has 1 aliphatic heterocycles. The van der Waals surface area contributed by atoms with Crippen LogP contribution in [0.5, 0.6) is 0 Å². The molecule has 3 heteroatoms. The molecule has 1 saturated heterocycles. The number of hydrogen-bond donors (Lipinski definition) is 1. The molecule has 3 nitrogen and oxygen atoms in total. The maximum atomic E-state index is 9.21. The normalized spacial score (nSPS) is 24.0. The van der Waals surface area contributed by atoms with Crippen molar-refractivity contribution in [1.82, 2.24) is 4.90 Å². The van der Waals surface area contributed by atoms with Gasteiger partial charge in [0.1, 0.15) is 0 Å². The minimum atomic E-state index is 0.128. The summed E-state index contributed by atoms with van der Waals surface area (Å²) in [6.45, 7) is 6.72. The Labute approximate surface area is 110 Å². The third-order valence-corrected chi connectivity index (χ3v) is 4.10. The van der Waals surface area contributed by atoms with Gasteiger partial charge in [0.05, 0.1) is 6.61 Å². The number of aliphatic hydroxyl groups is 1. The Kier molecular flexibility index (Phi) is 3.93. The van der Waals surface area contributed by atoms with Gasteiger partial charge in [0, 0.05) is 24.8 Å². The number of nitrogens with zero attached hydrogens (tertiary/aromatic N) is 2. The van der Waals surface area contributed by atoms with E-state index in [2.05, 4.69) is 49.9 Å². The summed E-state index contributed by atoms with van der Waals surface area (Å²) in [6, 6.07) is 6.99. The quantitative estimate of drug-likeness (QED) is 0.884. The molecule has 2 rings (SSSR count). The zero-order chi connectivity index (χ0) is 13.3. The van der Waals surface area contributed by atoms with E-state index in [9.17, 15) is 5.11 Å². The minimum absolute atomic E-state index is 0.128. The second-order valence-electron chi connectivity index (χ2n) is 5.68. The number of aliphatic hydroxyl groups excluding tert-OH is 1. The van der Waals surface area contributed by atoms with Gasteiger partial charge in [0.15, 0.2) is 0 Å². The van der Waals surface area contributed by atoms with E-state index in [0.29, 0.717) is 12.0 Å². The maximum absolute atomic E-state index is 9.21. The molecule has 2 atom stereocenters. The van der Waals surface area contributed by atoms with E-state index in [1.807, 2.05) is 6.07 Å². The van der Waals surface area contributed by atoms with Crippen molar-refractivity contribution < 1.29 is 5.11 Å². The van der Waals surface area contributed by atoms with Crippen LogP contribution in [-0.4, -0.2) is 43.2 Å². The van der Waals surface area contributed by atoms with Crippen LogP contribution >= 0.6 is 0 Å². The summed E-state index contributed by atoms with van der Waals surface area (Å²) in [6.07, 6.45) is 0. The Morgan fingerprint density at radius 2 is 2.06 bits per heavy atom. The molecule has 1 fully saturated rings. The van der Waals surface area contributed by atoms with Crippen LogP contribution in [0.15, 0.2) is 18.2 Å². The first-order valence-corrected chi connectivity index (χ1v) is 6.64. The van der Waals surface area contributed by atoms with Gasteiger partial charge in [-0.25, -0.2) is 0 Å². The van der Waals surface area contributed by atoms with Crippen LogP contribution in [-0.2, 0) is 6.61 Å². The molecule has 1 aromatic rings. The third kappa shape index (κ3) is 2.52. The molecule has 0 amide bonds. The second kappa shape index (κ2) is 5.29. The van der Waals surface area contributed by atoms with E-state index in [-0.39, 0.29) is 6.61 Å². The fraction of sp³-hybridized carbons (Fsp3) is 0.600. The molecule has 18 heavy (non-hydrogen) atoms. The highest BCUT2D eigenvalue weighted by Gasteiger charge is 2.31. The van der Waals surface area contributed by atoms with Gasteiger partial charge in [0.25, 0.3) is 0 Å². The predicted octanol–water partition coefficient (Wildman–Crippen LogP) is 1.87. The van der Waals surface area contributed by atoms with Crippen LogP contribution in [0.1, 0.15) is 18.1 Å². The lowest BCUT2D eigenvalue weighted by Crippen LogP contribution is -2.34. The fourth-order valence-electron chi connectivity index (χ4n) is 2.89. The Bertz CT molecular complexity index is 417. The summed E-state index contributed by atoms with van der Waals surface area (Å²) in [4.78, 5) is 4.77. The van der Waals surface area contributed by atoms with Gasteiger partial charge in [0.2, 0.25) is 0 Å². The standard InChI is InChI=1S/C15H24N2O/c1-11-7-14(6-5-13(11)10-18)17-8-12(2)15(9-17)16(3)4/h5-7,12,15,18H,8-10H2,1-4H3. The predicted molar refractivity (Wildman–Crippen MR) is 76.0 cm³/mol. The first kappa shape index (κ1) is 13.4. The van der Waals surface area contributed by atoms with Crippen molar-refractivity contribution in [3.63, 3.8) is 0 Å². The second-order valence-corrected chi connectivity index (χ2v) is 5.68. The molecule has 1 heterocycles. The molecular formula is C15H24N2O. The zero-order valence-corrected chi connectivity index (χ0v) is 11.8. The smallest absolute Gasteiger partial charge is 0.0684 e. The molecular weight excluding hydrogens is 224 g/mol. The topological polar surface area (TPSA) is 26.7 Å². The first-order valence-electron chi connectivity index (χ1n) is 6.64. The Morgan fingerprint density at radius 3 is 2.56 bits per heavy atom. The molecule has 0 saturated carbocycles. The van der Waals surface area contributed by atoms with Crippen molar-refractivity contribution in [1.29, 1.82) is 0 Å². The largest absolute Gasteiger partial charge is 0.392 e. The van der Waals surface area contributed by atoms with Crippen molar-refractivity contribution in [3.05, 3.63) is 29.3 Å². The van der Waals surface area contributed by atoms with E-state index in [0.717, 1.165) is 18.7 Å². The van der Waals surface area contributed by atoms with Gasteiger partial charge in [-0.2, -0.15) is 0 Å². The van der Waals surface area contributed by atoms with E-state index in [4.69, 9.17) is 0 Å². The molecule has 1 aliphatic rings. The van der Waals surface area contributed by atoms with Gasteiger partial charge in [-0.15, -0.1) is 0 Å². The third-order valence-electron chi connectivity index (χ3n) is 4.10. The van der Waals surface area contributed by atoms with Gasteiger partial charge in [-0.3, -0.25) is 0 Å². The lowest BCUT2D eigenvalue weighted by molar-refractivity contribution is 0.266. The summed E-state index contributed by atoms with van der Waals surface area (Å²) >= 11 is 0. The molecule has 0 aromatic heterocycles. The lowest BCUT2D eigenvalue weighted by atomic mass is 10.1. The van der Waals surface area contributed by atoms with Crippen LogP contribution in [0.25, 0.3) is 0 Å². The molecule has 0 bridgehead atoms. The van der Waals surface area contributed by atoms with Crippen LogP contribution in [0, 0.1) is 12.8 Å². The first-order chi connectivity index (χ1) is 8.52. The molecule has 100 valence electrons. The molecule has 2 unspecified atom stereocenters. The SMILES string of the molecule is Cc1cc(N2CC(C)C(N(C)C)C2)ccc1CO. The van der Waals surface area contributed by atoms with Gasteiger partial charge >= 0.3 is 0 Å². The highest BCUT2D eigenvalue weighted by molar-refractivity contribution is 5.52. The maximum Gasteiger partial charge on any atom is 0.0684 e. The van der Waals surface area contributed by atoms with E-state index < -0.39 is 0 Å². The molecule has 0 aliphatic carbocycles. The van der Waals surface area contributed by atoms with Crippen LogP contribution in [0.4, 0.5) is 5.69 Å². The lowest BCUT2D eigenvalue weighted by Gasteiger charge is -2.23. The molecule has 0 spiro atoms. The van der Waals surface area contributed by atoms with Crippen molar-refractivity contribution in [2.24, 2.45) is 5.92 Å². The molecule has 1 aromatic carbocycles.